The van der Waals surface area contributed by atoms with Crippen LogP contribution < -0.4 is 10.2 Å². The molecule has 2 aromatic heterocycles. The number of benzene rings is 1. The summed E-state index contributed by atoms with van der Waals surface area (Å²) in [4.78, 5) is 15.0. The number of carbonyl (C=O) groups is 1. The second-order valence-electron chi connectivity index (χ2n) is 9.07. The summed E-state index contributed by atoms with van der Waals surface area (Å²) in [6.45, 7) is 7.33. The standard InChI is InChI=1S/C24H29F3N6O/c1-4-16-5-7-17(8-6-16)21(15(2)3)28-22(34)18-11-13-32(14-12-18)20-10-9-19-29-30-23(24(25,26)27)33(19)31-20/h5-10,15,18,21H,4,11-14H2,1-3H3,(H,28,34)/t21-/m1/s1. The number of nitrogens with one attached hydrogen (secondary N) is 1. The Morgan fingerprint density at radius 3 is 2.35 bits per heavy atom. The third-order valence-electron chi connectivity index (χ3n) is 6.40. The maximum atomic E-state index is 13.2. The first kappa shape index (κ1) is 24.0. The predicted molar refractivity (Wildman–Crippen MR) is 122 cm³/mol. The smallest absolute Gasteiger partial charge is 0.355 e. The number of aromatic nitrogens is 4. The molecule has 34 heavy (non-hydrogen) atoms. The van der Waals surface area contributed by atoms with Crippen LogP contribution in [0.5, 0.6) is 0 Å². The number of halogens is 3. The van der Waals surface area contributed by atoms with Gasteiger partial charge in [-0.05, 0) is 48.4 Å². The lowest BCUT2D eigenvalue weighted by molar-refractivity contribution is -0.146. The third kappa shape index (κ3) is 5.00. The summed E-state index contributed by atoms with van der Waals surface area (Å²) in [7, 11) is 0. The molecule has 7 nitrogen and oxygen atoms in total. The Morgan fingerprint density at radius 2 is 1.76 bits per heavy atom. The molecule has 1 aromatic carbocycles. The Hall–Kier alpha value is -3.17. The molecule has 0 radical (unpaired) electrons. The van der Waals surface area contributed by atoms with Gasteiger partial charge >= 0.3 is 6.18 Å². The second kappa shape index (κ2) is 9.60. The number of carbonyl (C=O) groups excluding carboxylic acids is 1. The lowest BCUT2D eigenvalue weighted by atomic mass is 9.91. The first-order chi connectivity index (χ1) is 16.2. The van der Waals surface area contributed by atoms with Crippen molar-refractivity contribution in [3.05, 3.63) is 53.3 Å². The van der Waals surface area contributed by atoms with E-state index in [1.807, 2.05) is 4.90 Å². The fourth-order valence-corrected chi connectivity index (χ4v) is 4.36. The maximum absolute atomic E-state index is 13.2. The van der Waals surface area contributed by atoms with Crippen LogP contribution in [0.25, 0.3) is 5.65 Å². The largest absolute Gasteiger partial charge is 0.453 e. The molecule has 0 saturated carbocycles. The van der Waals surface area contributed by atoms with Gasteiger partial charge in [0.1, 0.15) is 5.82 Å². The predicted octanol–water partition coefficient (Wildman–Crippen LogP) is 4.44. The van der Waals surface area contributed by atoms with Gasteiger partial charge in [0, 0.05) is 19.0 Å². The van der Waals surface area contributed by atoms with Gasteiger partial charge in [0.25, 0.3) is 5.82 Å². The molecule has 1 amide bonds. The molecule has 3 aromatic rings. The Kier molecular flexibility index (Phi) is 6.77. The first-order valence-corrected chi connectivity index (χ1v) is 11.6. The van der Waals surface area contributed by atoms with E-state index in [2.05, 4.69) is 65.6 Å². The summed E-state index contributed by atoms with van der Waals surface area (Å²) in [6.07, 6.45) is -2.48. The van der Waals surface area contributed by atoms with Crippen LogP contribution in [0.15, 0.2) is 36.4 Å². The summed E-state index contributed by atoms with van der Waals surface area (Å²) in [5, 5.41) is 14.1. The lowest BCUT2D eigenvalue weighted by Crippen LogP contribution is -2.42. The van der Waals surface area contributed by atoms with Crippen LogP contribution >= 0.6 is 0 Å². The molecule has 1 fully saturated rings. The molecule has 1 aliphatic rings. The number of alkyl halides is 3. The molecular formula is C24H29F3N6O. The van der Waals surface area contributed by atoms with Gasteiger partial charge in [0.2, 0.25) is 5.91 Å². The van der Waals surface area contributed by atoms with E-state index in [0.717, 1.165) is 16.5 Å². The Morgan fingerprint density at radius 1 is 1.09 bits per heavy atom. The van der Waals surface area contributed by atoms with Crippen molar-refractivity contribution in [2.75, 3.05) is 18.0 Å². The zero-order valence-electron chi connectivity index (χ0n) is 19.5. The minimum absolute atomic E-state index is 0.0134. The van der Waals surface area contributed by atoms with Crippen LogP contribution in [0.4, 0.5) is 19.0 Å². The number of aryl methyl sites for hydroxylation is 1. The fourth-order valence-electron chi connectivity index (χ4n) is 4.36. The van der Waals surface area contributed by atoms with Gasteiger partial charge in [-0.25, -0.2) is 0 Å². The highest BCUT2D eigenvalue weighted by atomic mass is 19.4. The van der Waals surface area contributed by atoms with Crippen molar-refractivity contribution in [3.63, 3.8) is 0 Å². The Bertz CT molecular complexity index is 1130. The highest BCUT2D eigenvalue weighted by molar-refractivity contribution is 5.79. The minimum atomic E-state index is -4.64. The summed E-state index contributed by atoms with van der Waals surface area (Å²) >= 11 is 0. The van der Waals surface area contributed by atoms with Gasteiger partial charge in [-0.3, -0.25) is 4.79 Å². The number of piperidine rings is 1. The topological polar surface area (TPSA) is 75.4 Å². The highest BCUT2D eigenvalue weighted by Crippen LogP contribution is 2.29. The zero-order valence-corrected chi connectivity index (χ0v) is 19.5. The summed E-state index contributed by atoms with van der Waals surface area (Å²) < 4.78 is 40.2. The maximum Gasteiger partial charge on any atom is 0.453 e. The van der Waals surface area contributed by atoms with E-state index in [1.165, 1.54) is 11.6 Å². The molecule has 0 bridgehead atoms. The number of anilines is 1. The molecule has 0 unspecified atom stereocenters. The first-order valence-electron chi connectivity index (χ1n) is 11.6. The van der Waals surface area contributed by atoms with Gasteiger partial charge in [0.15, 0.2) is 5.65 Å². The second-order valence-corrected chi connectivity index (χ2v) is 9.07. The van der Waals surface area contributed by atoms with Gasteiger partial charge in [-0.15, -0.1) is 15.3 Å². The number of hydrogen-bond donors (Lipinski definition) is 1. The lowest BCUT2D eigenvalue weighted by Gasteiger charge is -2.33. The molecule has 0 aliphatic carbocycles. The number of amides is 1. The quantitative estimate of drug-likeness (QED) is 0.572. The van der Waals surface area contributed by atoms with Gasteiger partial charge in [0.05, 0.1) is 6.04 Å². The van der Waals surface area contributed by atoms with Crippen molar-refractivity contribution in [3.8, 4) is 0 Å². The van der Waals surface area contributed by atoms with E-state index in [0.29, 0.717) is 31.7 Å². The van der Waals surface area contributed by atoms with Crippen molar-refractivity contribution >= 4 is 17.4 Å². The average Bonchev–Trinajstić information content (AvgIpc) is 3.26. The van der Waals surface area contributed by atoms with E-state index in [-0.39, 0.29) is 29.4 Å². The van der Waals surface area contributed by atoms with Crippen LogP contribution in [0.2, 0.25) is 0 Å². The molecular weight excluding hydrogens is 445 g/mol. The molecule has 10 heteroatoms. The molecule has 182 valence electrons. The Balaban J connectivity index is 1.41. The average molecular weight is 475 g/mol. The van der Waals surface area contributed by atoms with Crippen molar-refractivity contribution in [1.82, 2.24) is 25.1 Å². The number of hydrogen-bond acceptors (Lipinski definition) is 5. The van der Waals surface area contributed by atoms with Gasteiger partial charge < -0.3 is 10.2 Å². The molecule has 4 rings (SSSR count). The fraction of sp³-hybridized carbons (Fsp3) is 0.500. The number of rotatable bonds is 6. The van der Waals surface area contributed by atoms with Crippen LogP contribution in [0.1, 0.15) is 56.6 Å². The number of nitrogens with zero attached hydrogens (tertiary/aromatic N) is 5. The molecule has 1 aliphatic heterocycles. The van der Waals surface area contributed by atoms with E-state index >= 15 is 0 Å². The molecule has 1 N–H and O–H groups in total. The van der Waals surface area contributed by atoms with Crippen molar-refractivity contribution < 1.29 is 18.0 Å². The summed E-state index contributed by atoms with van der Waals surface area (Å²) in [5.41, 5.74) is 2.38. The van der Waals surface area contributed by atoms with Crippen molar-refractivity contribution in [2.24, 2.45) is 11.8 Å². The minimum Gasteiger partial charge on any atom is -0.355 e. The van der Waals surface area contributed by atoms with Crippen LogP contribution in [-0.4, -0.2) is 38.8 Å². The van der Waals surface area contributed by atoms with Crippen LogP contribution in [0, 0.1) is 11.8 Å². The van der Waals surface area contributed by atoms with Gasteiger partial charge in [-0.2, -0.15) is 17.7 Å². The van der Waals surface area contributed by atoms with E-state index in [9.17, 15) is 18.0 Å². The van der Waals surface area contributed by atoms with E-state index < -0.39 is 12.0 Å². The van der Waals surface area contributed by atoms with E-state index in [1.54, 1.807) is 6.07 Å². The van der Waals surface area contributed by atoms with Crippen molar-refractivity contribution in [1.29, 1.82) is 0 Å². The molecule has 0 spiro atoms. The highest BCUT2D eigenvalue weighted by Gasteiger charge is 2.38. The number of fused-ring (bicyclic) bond motifs is 1. The summed E-state index contributed by atoms with van der Waals surface area (Å²) in [6, 6.07) is 11.4. The SMILES string of the molecule is CCc1ccc([C@H](NC(=O)C2CCN(c3ccc4nnc(C(F)(F)F)n4n3)CC2)C(C)C)cc1. The van der Waals surface area contributed by atoms with Crippen LogP contribution in [-0.2, 0) is 17.4 Å². The van der Waals surface area contributed by atoms with E-state index in [4.69, 9.17) is 0 Å². The molecule has 3 heterocycles. The normalized spacial score (nSPS) is 16.3. The zero-order chi connectivity index (χ0) is 24.5. The monoisotopic (exact) mass is 474 g/mol. The Labute approximate surface area is 196 Å². The van der Waals surface area contributed by atoms with Crippen molar-refractivity contribution in [2.45, 2.75) is 52.3 Å². The van der Waals surface area contributed by atoms with Gasteiger partial charge in [-0.1, -0.05) is 45.0 Å². The third-order valence-corrected chi connectivity index (χ3v) is 6.40. The molecule has 1 atom stereocenters. The molecule has 1 saturated heterocycles. The summed E-state index contributed by atoms with van der Waals surface area (Å²) in [5.74, 6) is -0.645. The van der Waals surface area contributed by atoms with Crippen LogP contribution in [0.3, 0.4) is 0 Å².